The second kappa shape index (κ2) is 7.83. The van der Waals surface area contributed by atoms with Crippen molar-refractivity contribution in [1.82, 2.24) is 25.1 Å². The standard InChI is InChI=1S/C16H21N5O3S/c1-11-8-20(9-12(2)24-11)15(22)10-25-16-17-18-19-21(16)13-5-4-6-14(7-13)23-3/h4-7,11-12H,8-10H2,1-3H3/t11-,12+. The molecule has 1 aliphatic heterocycles. The smallest absolute Gasteiger partial charge is 0.233 e. The molecule has 0 bridgehead atoms. The van der Waals surface area contributed by atoms with Gasteiger partial charge < -0.3 is 14.4 Å². The Morgan fingerprint density at radius 3 is 2.84 bits per heavy atom. The van der Waals surface area contributed by atoms with Crippen molar-refractivity contribution < 1.29 is 14.3 Å². The molecule has 134 valence electrons. The molecule has 1 amide bonds. The largest absolute Gasteiger partial charge is 0.497 e. The first kappa shape index (κ1) is 17.7. The van der Waals surface area contributed by atoms with E-state index in [0.29, 0.717) is 18.2 Å². The van der Waals surface area contributed by atoms with Gasteiger partial charge >= 0.3 is 0 Å². The van der Waals surface area contributed by atoms with E-state index in [0.717, 1.165) is 11.4 Å². The lowest BCUT2D eigenvalue weighted by molar-refractivity contribution is -0.140. The topological polar surface area (TPSA) is 82.4 Å². The summed E-state index contributed by atoms with van der Waals surface area (Å²) in [7, 11) is 1.61. The number of thioether (sulfide) groups is 1. The molecule has 0 spiro atoms. The zero-order valence-electron chi connectivity index (χ0n) is 14.5. The van der Waals surface area contributed by atoms with Gasteiger partial charge in [-0.15, -0.1) is 5.10 Å². The zero-order valence-corrected chi connectivity index (χ0v) is 15.3. The number of methoxy groups -OCH3 is 1. The van der Waals surface area contributed by atoms with E-state index in [1.165, 1.54) is 11.8 Å². The normalized spacial score (nSPS) is 20.5. The van der Waals surface area contributed by atoms with E-state index in [1.54, 1.807) is 11.8 Å². The summed E-state index contributed by atoms with van der Waals surface area (Å²) in [4.78, 5) is 14.3. The van der Waals surface area contributed by atoms with Crippen LogP contribution >= 0.6 is 11.8 Å². The first-order valence-corrected chi connectivity index (χ1v) is 9.04. The van der Waals surface area contributed by atoms with Gasteiger partial charge in [-0.25, -0.2) is 0 Å². The number of ether oxygens (including phenoxy) is 2. The summed E-state index contributed by atoms with van der Waals surface area (Å²) in [5, 5.41) is 12.3. The fourth-order valence-corrected chi connectivity index (χ4v) is 3.57. The molecule has 2 aromatic rings. The molecule has 1 aromatic heterocycles. The summed E-state index contributed by atoms with van der Waals surface area (Å²) in [5.74, 6) is 1.06. The number of carbonyl (C=O) groups excluding carboxylic acids is 1. The Morgan fingerprint density at radius 2 is 2.12 bits per heavy atom. The van der Waals surface area contributed by atoms with Gasteiger partial charge in [0.1, 0.15) is 5.75 Å². The second-order valence-corrected chi connectivity index (χ2v) is 6.86. The maximum atomic E-state index is 12.5. The van der Waals surface area contributed by atoms with Crippen LogP contribution in [0.25, 0.3) is 5.69 Å². The molecular weight excluding hydrogens is 342 g/mol. The Labute approximate surface area is 150 Å². The van der Waals surface area contributed by atoms with Gasteiger partial charge in [-0.2, -0.15) is 4.68 Å². The highest BCUT2D eigenvalue weighted by molar-refractivity contribution is 7.99. The van der Waals surface area contributed by atoms with E-state index in [9.17, 15) is 4.79 Å². The van der Waals surface area contributed by atoms with Gasteiger partial charge in [0, 0.05) is 19.2 Å². The minimum absolute atomic E-state index is 0.0554. The van der Waals surface area contributed by atoms with E-state index in [-0.39, 0.29) is 23.9 Å². The Kier molecular flexibility index (Phi) is 5.54. The summed E-state index contributed by atoms with van der Waals surface area (Å²) in [5.41, 5.74) is 0.785. The van der Waals surface area contributed by atoms with Crippen LogP contribution in [-0.2, 0) is 9.53 Å². The third kappa shape index (κ3) is 4.29. The number of benzene rings is 1. The van der Waals surface area contributed by atoms with Crippen molar-refractivity contribution in [2.45, 2.75) is 31.2 Å². The van der Waals surface area contributed by atoms with Crippen LogP contribution in [0.1, 0.15) is 13.8 Å². The Bertz CT molecular complexity index is 728. The number of amides is 1. The van der Waals surface area contributed by atoms with Crippen LogP contribution in [-0.4, -0.2) is 69.2 Å². The highest BCUT2D eigenvalue weighted by Crippen LogP contribution is 2.22. The number of rotatable bonds is 5. The molecule has 2 atom stereocenters. The molecule has 1 aliphatic rings. The maximum absolute atomic E-state index is 12.5. The number of aromatic nitrogens is 4. The molecule has 1 aromatic carbocycles. The molecule has 1 fully saturated rings. The van der Waals surface area contributed by atoms with E-state index in [4.69, 9.17) is 9.47 Å². The SMILES string of the molecule is COc1cccc(-n2nnnc2SCC(=O)N2C[C@@H](C)O[C@@H](C)C2)c1. The minimum atomic E-state index is 0.0554. The zero-order chi connectivity index (χ0) is 17.8. The molecule has 8 nitrogen and oxygen atoms in total. The van der Waals surface area contributed by atoms with Crippen molar-refractivity contribution in [1.29, 1.82) is 0 Å². The van der Waals surface area contributed by atoms with Crippen LogP contribution < -0.4 is 4.74 Å². The first-order valence-electron chi connectivity index (χ1n) is 8.05. The highest BCUT2D eigenvalue weighted by Gasteiger charge is 2.26. The Hall–Kier alpha value is -2.13. The van der Waals surface area contributed by atoms with Crippen LogP contribution in [0.5, 0.6) is 5.75 Å². The van der Waals surface area contributed by atoms with Gasteiger partial charge in [-0.1, -0.05) is 17.8 Å². The van der Waals surface area contributed by atoms with E-state index >= 15 is 0 Å². The number of morpholine rings is 1. The number of nitrogens with zero attached hydrogens (tertiary/aromatic N) is 5. The molecule has 3 rings (SSSR count). The van der Waals surface area contributed by atoms with Crippen molar-refractivity contribution in [2.24, 2.45) is 0 Å². The lowest BCUT2D eigenvalue weighted by atomic mass is 10.2. The lowest BCUT2D eigenvalue weighted by Gasteiger charge is -2.35. The quantitative estimate of drug-likeness (QED) is 0.743. The molecule has 0 unspecified atom stereocenters. The van der Waals surface area contributed by atoms with Gasteiger partial charge in [0.05, 0.1) is 30.8 Å². The van der Waals surface area contributed by atoms with Crippen molar-refractivity contribution >= 4 is 17.7 Å². The fraction of sp³-hybridized carbons (Fsp3) is 0.500. The summed E-state index contributed by atoms with van der Waals surface area (Å²) >= 11 is 1.32. The van der Waals surface area contributed by atoms with Crippen LogP contribution in [0, 0.1) is 0 Å². The summed E-state index contributed by atoms with van der Waals surface area (Å²) in [6, 6.07) is 7.45. The predicted octanol–water partition coefficient (Wildman–Crippen LogP) is 1.40. The van der Waals surface area contributed by atoms with Crippen LogP contribution in [0.4, 0.5) is 0 Å². The molecule has 0 N–H and O–H groups in total. The van der Waals surface area contributed by atoms with Gasteiger partial charge in [0.25, 0.3) is 0 Å². The fourth-order valence-electron chi connectivity index (χ4n) is 2.77. The van der Waals surface area contributed by atoms with Crippen LogP contribution in [0.3, 0.4) is 0 Å². The molecule has 25 heavy (non-hydrogen) atoms. The maximum Gasteiger partial charge on any atom is 0.233 e. The summed E-state index contributed by atoms with van der Waals surface area (Å²) < 4.78 is 12.5. The monoisotopic (exact) mass is 363 g/mol. The summed E-state index contributed by atoms with van der Waals surface area (Å²) in [6.07, 6.45) is 0.111. The van der Waals surface area contributed by atoms with Gasteiger partial charge in [-0.3, -0.25) is 4.79 Å². The Morgan fingerprint density at radius 1 is 1.36 bits per heavy atom. The third-order valence-electron chi connectivity index (χ3n) is 3.84. The average Bonchev–Trinajstić information content (AvgIpc) is 3.07. The molecular formula is C16H21N5O3S. The Balaban J connectivity index is 1.66. The molecule has 9 heteroatoms. The van der Waals surface area contributed by atoms with Crippen molar-refractivity contribution in [3.8, 4) is 11.4 Å². The number of tetrazole rings is 1. The van der Waals surface area contributed by atoms with Crippen LogP contribution in [0.2, 0.25) is 0 Å². The van der Waals surface area contributed by atoms with Crippen molar-refractivity contribution in [3.63, 3.8) is 0 Å². The van der Waals surface area contributed by atoms with E-state index in [1.807, 2.05) is 43.0 Å². The first-order chi connectivity index (χ1) is 12.1. The number of carbonyl (C=O) groups is 1. The molecule has 0 radical (unpaired) electrons. The number of hydrogen-bond donors (Lipinski definition) is 0. The third-order valence-corrected chi connectivity index (χ3v) is 4.74. The highest BCUT2D eigenvalue weighted by atomic mass is 32.2. The lowest BCUT2D eigenvalue weighted by Crippen LogP contribution is -2.48. The molecule has 1 saturated heterocycles. The predicted molar refractivity (Wildman–Crippen MR) is 93.0 cm³/mol. The van der Waals surface area contributed by atoms with Gasteiger partial charge in [0.2, 0.25) is 11.1 Å². The van der Waals surface area contributed by atoms with Crippen molar-refractivity contribution in [3.05, 3.63) is 24.3 Å². The van der Waals surface area contributed by atoms with Gasteiger partial charge in [-0.05, 0) is 36.4 Å². The van der Waals surface area contributed by atoms with Crippen LogP contribution in [0.15, 0.2) is 29.4 Å². The molecule has 0 aliphatic carbocycles. The number of hydrogen-bond acceptors (Lipinski definition) is 7. The summed E-state index contributed by atoms with van der Waals surface area (Å²) in [6.45, 7) is 5.19. The van der Waals surface area contributed by atoms with E-state index < -0.39 is 0 Å². The molecule has 2 heterocycles. The molecule has 0 saturated carbocycles. The van der Waals surface area contributed by atoms with E-state index in [2.05, 4.69) is 15.5 Å². The average molecular weight is 363 g/mol. The van der Waals surface area contributed by atoms with Crippen molar-refractivity contribution in [2.75, 3.05) is 26.0 Å². The second-order valence-electron chi connectivity index (χ2n) is 5.92. The minimum Gasteiger partial charge on any atom is -0.497 e. The van der Waals surface area contributed by atoms with Gasteiger partial charge in [0.15, 0.2) is 0 Å².